The van der Waals surface area contributed by atoms with E-state index in [0.717, 1.165) is 38.1 Å². The molecule has 0 radical (unpaired) electrons. The second-order valence-electron chi connectivity index (χ2n) is 7.08. The highest BCUT2D eigenvalue weighted by atomic mass is 19.1. The fourth-order valence-electron chi connectivity index (χ4n) is 3.07. The van der Waals surface area contributed by atoms with Crippen LogP contribution in [0.1, 0.15) is 32.1 Å². The Labute approximate surface area is 151 Å². The molecule has 3 rings (SSSR count). The number of aromatic nitrogens is 1. The first kappa shape index (κ1) is 18.5. The monoisotopic (exact) mass is 363 g/mol. The van der Waals surface area contributed by atoms with Crippen LogP contribution in [0.25, 0.3) is 11.3 Å². The second kappa shape index (κ2) is 7.95. The first-order valence-corrected chi connectivity index (χ1v) is 8.83. The van der Waals surface area contributed by atoms with Gasteiger partial charge in [0.15, 0.2) is 11.7 Å². The highest BCUT2D eigenvalue weighted by molar-refractivity contribution is 5.76. The van der Waals surface area contributed by atoms with Crippen LogP contribution in [0, 0.1) is 17.0 Å². The molecular weight excluding hydrogens is 340 g/mol. The molecule has 1 aromatic carbocycles. The SMILES string of the molecule is CC1(CNC(=O)CCc2ncc(-c3ccc(F)cc3F)o2)CCNCC1. The fraction of sp³-hybridized carbons (Fsp3) is 0.474. The predicted molar refractivity (Wildman–Crippen MR) is 93.4 cm³/mol. The van der Waals surface area contributed by atoms with Crippen molar-refractivity contribution in [3.63, 3.8) is 0 Å². The van der Waals surface area contributed by atoms with Gasteiger partial charge in [0.1, 0.15) is 11.6 Å². The fourth-order valence-corrected chi connectivity index (χ4v) is 3.07. The first-order valence-electron chi connectivity index (χ1n) is 8.83. The summed E-state index contributed by atoms with van der Waals surface area (Å²) >= 11 is 0. The Bertz CT molecular complexity index is 770. The summed E-state index contributed by atoms with van der Waals surface area (Å²) in [6, 6.07) is 3.27. The normalized spacial score (nSPS) is 16.4. The second-order valence-corrected chi connectivity index (χ2v) is 7.08. The van der Waals surface area contributed by atoms with E-state index in [4.69, 9.17) is 4.42 Å². The zero-order valence-electron chi connectivity index (χ0n) is 14.8. The van der Waals surface area contributed by atoms with Crippen LogP contribution in [0.4, 0.5) is 8.78 Å². The summed E-state index contributed by atoms with van der Waals surface area (Å²) in [6.07, 6.45) is 4.05. The lowest BCUT2D eigenvalue weighted by Gasteiger charge is -2.34. The molecule has 0 saturated carbocycles. The molecule has 0 aliphatic carbocycles. The van der Waals surface area contributed by atoms with Crippen molar-refractivity contribution in [2.75, 3.05) is 19.6 Å². The number of nitrogens with zero attached hydrogens (tertiary/aromatic N) is 1. The van der Waals surface area contributed by atoms with E-state index >= 15 is 0 Å². The van der Waals surface area contributed by atoms with Gasteiger partial charge >= 0.3 is 0 Å². The number of nitrogens with one attached hydrogen (secondary N) is 2. The van der Waals surface area contributed by atoms with E-state index in [1.807, 2.05) is 0 Å². The van der Waals surface area contributed by atoms with E-state index in [-0.39, 0.29) is 29.1 Å². The third-order valence-electron chi connectivity index (χ3n) is 4.84. The number of hydrogen-bond acceptors (Lipinski definition) is 4. The predicted octanol–water partition coefficient (Wildman–Crippen LogP) is 3.06. The van der Waals surface area contributed by atoms with Gasteiger partial charge in [-0.05, 0) is 43.5 Å². The topological polar surface area (TPSA) is 67.2 Å². The number of amides is 1. The number of aryl methyl sites for hydroxylation is 1. The quantitative estimate of drug-likeness (QED) is 0.828. The van der Waals surface area contributed by atoms with Gasteiger partial charge in [0, 0.05) is 25.5 Å². The van der Waals surface area contributed by atoms with Gasteiger partial charge in [-0.25, -0.2) is 13.8 Å². The third kappa shape index (κ3) is 4.66. The van der Waals surface area contributed by atoms with Crippen molar-refractivity contribution in [3.05, 3.63) is 41.9 Å². The van der Waals surface area contributed by atoms with Crippen LogP contribution in [-0.2, 0) is 11.2 Å². The van der Waals surface area contributed by atoms with Crippen molar-refractivity contribution in [3.8, 4) is 11.3 Å². The van der Waals surface area contributed by atoms with Crippen LogP contribution >= 0.6 is 0 Å². The number of piperidine rings is 1. The molecule has 0 atom stereocenters. The van der Waals surface area contributed by atoms with E-state index in [1.165, 1.54) is 12.3 Å². The van der Waals surface area contributed by atoms with E-state index in [1.54, 1.807) is 0 Å². The lowest BCUT2D eigenvalue weighted by atomic mass is 9.81. The number of carbonyl (C=O) groups is 1. The summed E-state index contributed by atoms with van der Waals surface area (Å²) in [5.41, 5.74) is 0.283. The van der Waals surface area contributed by atoms with Crippen LogP contribution in [-0.4, -0.2) is 30.5 Å². The molecule has 2 aromatic rings. The molecule has 1 fully saturated rings. The number of halogens is 2. The Hall–Kier alpha value is -2.28. The smallest absolute Gasteiger partial charge is 0.220 e. The Morgan fingerprint density at radius 2 is 2.12 bits per heavy atom. The molecule has 0 bridgehead atoms. The van der Waals surface area contributed by atoms with Gasteiger partial charge in [0.25, 0.3) is 0 Å². The molecular formula is C19H23F2N3O2. The molecule has 140 valence electrons. The largest absolute Gasteiger partial charge is 0.441 e. The van der Waals surface area contributed by atoms with Crippen molar-refractivity contribution in [2.45, 2.75) is 32.6 Å². The maximum absolute atomic E-state index is 13.8. The minimum Gasteiger partial charge on any atom is -0.441 e. The maximum atomic E-state index is 13.8. The van der Waals surface area contributed by atoms with Gasteiger partial charge in [-0.15, -0.1) is 0 Å². The lowest BCUT2D eigenvalue weighted by Crippen LogP contribution is -2.42. The summed E-state index contributed by atoms with van der Waals surface area (Å²) in [7, 11) is 0. The molecule has 1 aliphatic heterocycles. The van der Waals surface area contributed by atoms with Crippen molar-refractivity contribution in [1.29, 1.82) is 0 Å². The summed E-state index contributed by atoms with van der Waals surface area (Å²) in [5, 5.41) is 6.30. The van der Waals surface area contributed by atoms with E-state index in [0.29, 0.717) is 18.9 Å². The molecule has 26 heavy (non-hydrogen) atoms. The molecule has 0 spiro atoms. The summed E-state index contributed by atoms with van der Waals surface area (Å²) in [6.45, 7) is 4.80. The van der Waals surface area contributed by atoms with Crippen LogP contribution in [0.15, 0.2) is 28.8 Å². The molecule has 1 saturated heterocycles. The Morgan fingerprint density at radius 3 is 2.85 bits per heavy atom. The van der Waals surface area contributed by atoms with Crippen molar-refractivity contribution in [2.24, 2.45) is 5.41 Å². The minimum atomic E-state index is -0.708. The Balaban J connectivity index is 1.50. The number of benzene rings is 1. The van der Waals surface area contributed by atoms with E-state index < -0.39 is 11.6 Å². The van der Waals surface area contributed by atoms with Gasteiger partial charge in [-0.3, -0.25) is 4.79 Å². The van der Waals surface area contributed by atoms with E-state index in [2.05, 4.69) is 22.5 Å². The van der Waals surface area contributed by atoms with Gasteiger partial charge in [-0.2, -0.15) is 0 Å². The Kier molecular flexibility index (Phi) is 5.66. The molecule has 1 aliphatic rings. The van der Waals surface area contributed by atoms with Gasteiger partial charge in [-0.1, -0.05) is 6.92 Å². The molecule has 2 N–H and O–H groups in total. The lowest BCUT2D eigenvalue weighted by molar-refractivity contribution is -0.121. The standard InChI is InChI=1S/C19H23F2N3O2/c1-19(6-8-22-9-7-19)12-24-17(25)4-5-18-23-11-16(26-18)14-3-2-13(20)10-15(14)21/h2-3,10-11,22H,4-9,12H2,1H3,(H,24,25). The molecule has 0 unspecified atom stereocenters. The summed E-state index contributed by atoms with van der Waals surface area (Å²) in [4.78, 5) is 16.1. The highest BCUT2D eigenvalue weighted by Crippen LogP contribution is 2.27. The minimum absolute atomic E-state index is 0.0579. The zero-order chi connectivity index (χ0) is 18.6. The van der Waals surface area contributed by atoms with Gasteiger partial charge in [0.2, 0.25) is 5.91 Å². The zero-order valence-corrected chi connectivity index (χ0v) is 14.8. The van der Waals surface area contributed by atoms with Gasteiger partial charge < -0.3 is 15.1 Å². The van der Waals surface area contributed by atoms with Gasteiger partial charge in [0.05, 0.1) is 11.8 Å². The average molecular weight is 363 g/mol. The van der Waals surface area contributed by atoms with Crippen LogP contribution in [0.3, 0.4) is 0 Å². The van der Waals surface area contributed by atoms with E-state index in [9.17, 15) is 13.6 Å². The van der Waals surface area contributed by atoms with Crippen molar-refractivity contribution < 1.29 is 18.0 Å². The van der Waals surface area contributed by atoms with Crippen LogP contribution < -0.4 is 10.6 Å². The van der Waals surface area contributed by atoms with Crippen molar-refractivity contribution in [1.82, 2.24) is 15.6 Å². The molecule has 5 nitrogen and oxygen atoms in total. The molecule has 1 amide bonds. The first-order chi connectivity index (χ1) is 12.5. The van der Waals surface area contributed by atoms with Crippen molar-refractivity contribution >= 4 is 5.91 Å². The molecule has 7 heteroatoms. The number of carbonyl (C=O) groups excluding carboxylic acids is 1. The Morgan fingerprint density at radius 1 is 1.35 bits per heavy atom. The molecule has 2 heterocycles. The van der Waals surface area contributed by atoms with Crippen LogP contribution in [0.5, 0.6) is 0 Å². The third-order valence-corrected chi connectivity index (χ3v) is 4.84. The number of rotatable bonds is 6. The average Bonchev–Trinajstić information content (AvgIpc) is 3.07. The number of oxazole rings is 1. The number of hydrogen-bond donors (Lipinski definition) is 2. The highest BCUT2D eigenvalue weighted by Gasteiger charge is 2.27. The maximum Gasteiger partial charge on any atom is 0.220 e. The summed E-state index contributed by atoms with van der Waals surface area (Å²) in [5.74, 6) is -0.838. The molecule has 1 aromatic heterocycles. The van der Waals surface area contributed by atoms with Crippen LogP contribution in [0.2, 0.25) is 0 Å². The summed E-state index contributed by atoms with van der Waals surface area (Å²) < 4.78 is 32.2.